The third kappa shape index (κ3) is 2.95. The fraction of sp³-hybridized carbons (Fsp3) is 0.714. The Hall–Kier alpha value is -0.890. The quantitative estimate of drug-likeness (QED) is 0.729. The molecule has 2 aliphatic carbocycles. The van der Waals surface area contributed by atoms with Crippen LogP contribution in [-0.4, -0.2) is 17.5 Å². The highest BCUT2D eigenvalue weighted by Gasteiger charge is 2.40. The number of benzene rings is 1. The molecule has 126 valence electrons. The number of nitrogens with zero attached hydrogens (tertiary/aromatic N) is 1. The normalized spacial score (nSPS) is 27.7. The molecule has 3 aliphatic rings. The third-order valence-corrected chi connectivity index (χ3v) is 7.09. The summed E-state index contributed by atoms with van der Waals surface area (Å²) in [5, 5.41) is 0. The Labute approximate surface area is 140 Å². The van der Waals surface area contributed by atoms with Crippen molar-refractivity contribution in [2.24, 2.45) is 11.3 Å². The minimum atomic E-state index is 0.00481. The first-order valence-electron chi connectivity index (χ1n) is 9.69. The van der Waals surface area contributed by atoms with Crippen LogP contribution in [0.25, 0.3) is 0 Å². The van der Waals surface area contributed by atoms with Gasteiger partial charge in [-0.25, -0.2) is 4.39 Å². The van der Waals surface area contributed by atoms with Crippen LogP contribution in [-0.2, 0) is 13.0 Å². The lowest BCUT2D eigenvalue weighted by atomic mass is 9.59. The summed E-state index contributed by atoms with van der Waals surface area (Å²) in [6.07, 6.45) is 12.3. The zero-order chi connectivity index (χ0) is 15.9. The monoisotopic (exact) mass is 315 g/mol. The highest BCUT2D eigenvalue weighted by molar-refractivity contribution is 5.31. The molecule has 0 radical (unpaired) electrons. The van der Waals surface area contributed by atoms with Gasteiger partial charge in [0.05, 0.1) is 0 Å². The van der Waals surface area contributed by atoms with Gasteiger partial charge in [0, 0.05) is 19.1 Å². The maximum absolute atomic E-state index is 14.1. The smallest absolute Gasteiger partial charge is 0.126 e. The van der Waals surface area contributed by atoms with Crippen molar-refractivity contribution >= 4 is 0 Å². The molecule has 2 fully saturated rings. The topological polar surface area (TPSA) is 3.24 Å². The van der Waals surface area contributed by atoms with E-state index in [1.54, 1.807) is 6.07 Å². The minimum Gasteiger partial charge on any atom is -0.296 e. The molecule has 0 amide bonds. The first-order chi connectivity index (χ1) is 11.2. The van der Waals surface area contributed by atoms with Crippen LogP contribution in [0.2, 0.25) is 0 Å². The van der Waals surface area contributed by atoms with Gasteiger partial charge < -0.3 is 0 Å². The Kier molecular flexibility index (Phi) is 4.21. The maximum Gasteiger partial charge on any atom is 0.126 e. The molecule has 1 spiro atoms. The van der Waals surface area contributed by atoms with E-state index in [9.17, 15) is 4.39 Å². The first kappa shape index (κ1) is 15.6. The van der Waals surface area contributed by atoms with Crippen molar-refractivity contribution in [2.75, 3.05) is 6.54 Å². The van der Waals surface area contributed by atoms with Gasteiger partial charge in [0.2, 0.25) is 0 Å². The second kappa shape index (κ2) is 6.20. The second-order valence-corrected chi connectivity index (χ2v) is 8.37. The predicted molar refractivity (Wildman–Crippen MR) is 92.8 cm³/mol. The van der Waals surface area contributed by atoms with Crippen LogP contribution in [0, 0.1) is 17.2 Å². The largest absolute Gasteiger partial charge is 0.296 e. The molecule has 0 saturated heterocycles. The van der Waals surface area contributed by atoms with E-state index in [0.29, 0.717) is 6.04 Å². The number of hydrogen-bond acceptors (Lipinski definition) is 1. The summed E-state index contributed by atoms with van der Waals surface area (Å²) in [6.45, 7) is 4.44. The average molecular weight is 315 g/mol. The summed E-state index contributed by atoms with van der Waals surface area (Å²) in [5.41, 5.74) is 2.96. The molecule has 0 bridgehead atoms. The van der Waals surface area contributed by atoms with Crippen LogP contribution >= 0.6 is 0 Å². The van der Waals surface area contributed by atoms with Crippen molar-refractivity contribution in [1.29, 1.82) is 0 Å². The van der Waals surface area contributed by atoms with Crippen LogP contribution in [0.4, 0.5) is 4.39 Å². The Morgan fingerprint density at radius 3 is 2.61 bits per heavy atom. The number of halogens is 1. The van der Waals surface area contributed by atoms with Gasteiger partial charge in [-0.2, -0.15) is 0 Å². The van der Waals surface area contributed by atoms with Crippen molar-refractivity contribution in [3.05, 3.63) is 35.1 Å². The van der Waals surface area contributed by atoms with E-state index in [-0.39, 0.29) is 5.82 Å². The van der Waals surface area contributed by atoms with Gasteiger partial charge in [-0.05, 0) is 79.9 Å². The molecule has 0 unspecified atom stereocenters. The summed E-state index contributed by atoms with van der Waals surface area (Å²) in [4.78, 5) is 2.66. The molecular formula is C21H30FN. The van der Waals surface area contributed by atoms with Gasteiger partial charge in [0.15, 0.2) is 0 Å². The summed E-state index contributed by atoms with van der Waals surface area (Å²) >= 11 is 0. The molecule has 4 rings (SSSR count). The molecule has 1 aromatic carbocycles. The molecule has 2 heteroatoms. The molecule has 1 atom stereocenters. The number of hydrogen-bond donors (Lipinski definition) is 0. The van der Waals surface area contributed by atoms with E-state index < -0.39 is 0 Å². The average Bonchev–Trinajstić information content (AvgIpc) is 2.54. The third-order valence-electron chi connectivity index (χ3n) is 7.09. The molecule has 1 heterocycles. The highest BCUT2D eigenvalue weighted by atomic mass is 19.1. The maximum atomic E-state index is 14.1. The van der Waals surface area contributed by atoms with Gasteiger partial charge >= 0.3 is 0 Å². The Balaban J connectivity index is 1.42. The molecular weight excluding hydrogens is 285 g/mol. The van der Waals surface area contributed by atoms with Crippen LogP contribution in [0.15, 0.2) is 18.2 Å². The van der Waals surface area contributed by atoms with E-state index in [1.807, 2.05) is 6.07 Å². The summed E-state index contributed by atoms with van der Waals surface area (Å²) in [7, 11) is 0. The summed E-state index contributed by atoms with van der Waals surface area (Å²) in [5.74, 6) is 0.871. The lowest BCUT2D eigenvalue weighted by molar-refractivity contribution is 0.0361. The van der Waals surface area contributed by atoms with Crippen molar-refractivity contribution < 1.29 is 4.39 Å². The van der Waals surface area contributed by atoms with E-state index >= 15 is 0 Å². The summed E-state index contributed by atoms with van der Waals surface area (Å²) < 4.78 is 14.1. The SMILES string of the molecule is CC[C@@H]1Cc2c(F)cccc2CN1CC1CCC2(CCC2)CC1. The van der Waals surface area contributed by atoms with Gasteiger partial charge in [-0.1, -0.05) is 25.5 Å². The molecule has 1 aliphatic heterocycles. The van der Waals surface area contributed by atoms with Gasteiger partial charge in [0.25, 0.3) is 0 Å². The highest BCUT2D eigenvalue weighted by Crippen LogP contribution is 2.52. The van der Waals surface area contributed by atoms with Crippen LogP contribution in [0.1, 0.15) is 69.4 Å². The van der Waals surface area contributed by atoms with Crippen LogP contribution in [0.3, 0.4) is 0 Å². The lowest BCUT2D eigenvalue weighted by Crippen LogP contribution is -2.44. The number of fused-ring (bicyclic) bond motifs is 1. The fourth-order valence-electron chi connectivity index (χ4n) is 5.29. The Bertz CT molecular complexity index is 553. The van der Waals surface area contributed by atoms with E-state index in [2.05, 4.69) is 17.9 Å². The van der Waals surface area contributed by atoms with Crippen molar-refractivity contribution in [2.45, 2.75) is 77.3 Å². The van der Waals surface area contributed by atoms with Crippen molar-refractivity contribution in [3.8, 4) is 0 Å². The molecule has 1 nitrogen and oxygen atoms in total. The van der Waals surface area contributed by atoms with E-state index in [0.717, 1.165) is 36.3 Å². The number of rotatable bonds is 3. The van der Waals surface area contributed by atoms with Crippen molar-refractivity contribution in [1.82, 2.24) is 4.90 Å². The summed E-state index contributed by atoms with van der Waals surface area (Å²) in [6, 6.07) is 6.15. The van der Waals surface area contributed by atoms with Gasteiger partial charge in [-0.15, -0.1) is 0 Å². The molecule has 1 aromatic rings. The fourth-order valence-corrected chi connectivity index (χ4v) is 5.29. The Morgan fingerprint density at radius 1 is 1.17 bits per heavy atom. The molecule has 2 saturated carbocycles. The zero-order valence-electron chi connectivity index (χ0n) is 14.5. The van der Waals surface area contributed by atoms with Gasteiger partial charge in [-0.3, -0.25) is 4.90 Å². The lowest BCUT2D eigenvalue weighted by Gasteiger charge is -2.48. The van der Waals surface area contributed by atoms with Crippen LogP contribution < -0.4 is 0 Å². The molecule has 0 aromatic heterocycles. The predicted octanol–water partition coefficient (Wildman–Crippen LogP) is 5.32. The van der Waals surface area contributed by atoms with Gasteiger partial charge in [0.1, 0.15) is 5.82 Å². The Morgan fingerprint density at radius 2 is 1.96 bits per heavy atom. The standard InChI is InChI=1S/C21H30FN/c1-2-18-13-19-17(5-3-6-20(19)22)15-23(18)14-16-7-11-21(12-8-16)9-4-10-21/h3,5-6,16,18H,2,4,7-15H2,1H3/t18-/m1/s1. The molecule has 23 heavy (non-hydrogen) atoms. The minimum absolute atomic E-state index is 0.00481. The van der Waals surface area contributed by atoms with E-state index in [1.165, 1.54) is 57.1 Å². The van der Waals surface area contributed by atoms with Crippen molar-refractivity contribution in [3.63, 3.8) is 0 Å². The zero-order valence-corrected chi connectivity index (χ0v) is 14.5. The second-order valence-electron chi connectivity index (χ2n) is 8.37. The molecule has 0 N–H and O–H groups in total. The first-order valence-corrected chi connectivity index (χ1v) is 9.69. The van der Waals surface area contributed by atoms with Crippen LogP contribution in [0.5, 0.6) is 0 Å². The van der Waals surface area contributed by atoms with E-state index in [4.69, 9.17) is 0 Å².